The number of aliphatic carboxylic acids is 1. The zero-order valence-electron chi connectivity index (χ0n) is 12.8. The summed E-state index contributed by atoms with van der Waals surface area (Å²) in [5.41, 5.74) is 0.609. The van der Waals surface area contributed by atoms with Crippen LogP contribution in [0.25, 0.3) is 0 Å². The molecule has 0 aromatic heterocycles. The molecule has 0 heterocycles. The number of hydrogen-bond acceptors (Lipinski definition) is 3. The smallest absolute Gasteiger partial charge is 0.304 e. The minimum atomic E-state index is -3.82. The zero-order chi connectivity index (χ0) is 18.4. The van der Waals surface area contributed by atoms with Gasteiger partial charge in [-0.1, -0.05) is 35.0 Å². The Balaban J connectivity index is 2.29. The average molecular weight is 398 g/mol. The summed E-state index contributed by atoms with van der Waals surface area (Å²) in [5, 5.41) is 9.43. The van der Waals surface area contributed by atoms with Gasteiger partial charge in [-0.05, 0) is 42.5 Å². The van der Waals surface area contributed by atoms with E-state index in [1.807, 2.05) is 0 Å². The highest BCUT2D eigenvalue weighted by atomic mass is 35.5. The molecule has 130 valence electrons. The van der Waals surface area contributed by atoms with E-state index in [0.717, 1.165) is 0 Å². The zero-order valence-corrected chi connectivity index (χ0v) is 15.1. The van der Waals surface area contributed by atoms with Crippen molar-refractivity contribution in [2.24, 2.45) is 0 Å². The van der Waals surface area contributed by atoms with Gasteiger partial charge in [0.25, 0.3) is 10.0 Å². The lowest BCUT2D eigenvalue weighted by Crippen LogP contribution is -2.13. The van der Waals surface area contributed by atoms with E-state index in [4.69, 9.17) is 28.3 Å². The molecule has 0 amide bonds. The molecule has 0 aliphatic rings. The summed E-state index contributed by atoms with van der Waals surface area (Å²) < 4.78 is 27.4. The summed E-state index contributed by atoms with van der Waals surface area (Å²) in [6.45, 7) is 0. The number of rotatable bonds is 5. The van der Waals surface area contributed by atoms with Crippen molar-refractivity contribution in [3.05, 3.63) is 58.1 Å². The fourth-order valence-electron chi connectivity index (χ4n) is 1.85. The topological polar surface area (TPSA) is 83.5 Å². The third-order valence-corrected chi connectivity index (χ3v) is 4.91. The summed E-state index contributed by atoms with van der Waals surface area (Å²) in [7, 11) is -3.82. The van der Waals surface area contributed by atoms with E-state index >= 15 is 0 Å². The van der Waals surface area contributed by atoms with Crippen LogP contribution in [-0.4, -0.2) is 19.5 Å². The molecule has 2 aromatic carbocycles. The number of sulfonamides is 1. The van der Waals surface area contributed by atoms with Gasteiger partial charge in [0, 0.05) is 16.5 Å². The molecule has 2 aromatic rings. The van der Waals surface area contributed by atoms with Crippen molar-refractivity contribution in [1.29, 1.82) is 0 Å². The molecule has 8 heteroatoms. The quantitative estimate of drug-likeness (QED) is 0.746. The Kier molecular flexibility index (Phi) is 6.32. The molecular formula is C17H13Cl2NO4S. The van der Waals surface area contributed by atoms with Crippen molar-refractivity contribution < 1.29 is 18.3 Å². The Hall–Kier alpha value is -2.20. The minimum Gasteiger partial charge on any atom is -0.481 e. The molecule has 0 unspecified atom stereocenters. The second-order valence-electron chi connectivity index (χ2n) is 4.94. The number of nitrogens with one attached hydrogen (secondary N) is 1. The standard InChI is InChI=1S/C17H13Cl2NO4S/c18-13-5-8-15(9-6-13)25(23,24)20-16-10-7-14(19)11-12(16)3-1-2-4-17(21)22/h5-11,20H,2,4H2,(H,21,22). The second kappa shape index (κ2) is 8.26. The summed E-state index contributed by atoms with van der Waals surface area (Å²) in [4.78, 5) is 10.6. The number of halogens is 2. The summed E-state index contributed by atoms with van der Waals surface area (Å²) in [6, 6.07) is 10.3. The van der Waals surface area contributed by atoms with Gasteiger partial charge in [-0.15, -0.1) is 0 Å². The Morgan fingerprint density at radius 3 is 2.36 bits per heavy atom. The van der Waals surface area contributed by atoms with Crippen molar-refractivity contribution in [3.8, 4) is 11.8 Å². The van der Waals surface area contributed by atoms with E-state index in [2.05, 4.69) is 16.6 Å². The molecule has 0 aliphatic carbocycles. The molecule has 0 saturated heterocycles. The van der Waals surface area contributed by atoms with Gasteiger partial charge in [0.15, 0.2) is 0 Å². The summed E-state index contributed by atoms with van der Waals surface area (Å²) in [6.07, 6.45) is 0.0463. The predicted octanol–water partition coefficient (Wildman–Crippen LogP) is 4.01. The van der Waals surface area contributed by atoms with Gasteiger partial charge in [-0.3, -0.25) is 9.52 Å². The van der Waals surface area contributed by atoms with Crippen LogP contribution in [0.5, 0.6) is 0 Å². The second-order valence-corrected chi connectivity index (χ2v) is 7.50. The van der Waals surface area contributed by atoms with Crippen molar-refractivity contribution >= 4 is 44.9 Å². The van der Waals surface area contributed by atoms with Crippen LogP contribution in [0.2, 0.25) is 10.0 Å². The average Bonchev–Trinajstić information content (AvgIpc) is 2.54. The van der Waals surface area contributed by atoms with E-state index < -0.39 is 16.0 Å². The van der Waals surface area contributed by atoms with Crippen LogP contribution in [0.3, 0.4) is 0 Å². The third kappa shape index (κ3) is 5.68. The van der Waals surface area contributed by atoms with E-state index in [0.29, 0.717) is 15.6 Å². The monoisotopic (exact) mass is 397 g/mol. The van der Waals surface area contributed by atoms with E-state index in [9.17, 15) is 13.2 Å². The number of benzene rings is 2. The van der Waals surface area contributed by atoms with E-state index in [1.54, 1.807) is 0 Å². The van der Waals surface area contributed by atoms with Gasteiger partial charge in [0.05, 0.1) is 22.6 Å². The molecule has 5 nitrogen and oxygen atoms in total. The molecule has 0 radical (unpaired) electrons. The fraction of sp³-hybridized carbons (Fsp3) is 0.118. The molecule has 0 aliphatic heterocycles. The van der Waals surface area contributed by atoms with Gasteiger partial charge >= 0.3 is 5.97 Å². The van der Waals surface area contributed by atoms with Crippen LogP contribution in [0.15, 0.2) is 47.4 Å². The van der Waals surface area contributed by atoms with Crippen molar-refractivity contribution in [2.75, 3.05) is 4.72 Å². The lowest BCUT2D eigenvalue weighted by Gasteiger charge is -2.10. The first-order valence-corrected chi connectivity index (χ1v) is 9.30. The van der Waals surface area contributed by atoms with Crippen LogP contribution >= 0.6 is 23.2 Å². The molecule has 25 heavy (non-hydrogen) atoms. The first-order chi connectivity index (χ1) is 11.8. The Morgan fingerprint density at radius 1 is 1.08 bits per heavy atom. The van der Waals surface area contributed by atoms with Crippen molar-refractivity contribution in [1.82, 2.24) is 0 Å². The number of anilines is 1. The SMILES string of the molecule is O=C(O)CCC#Cc1cc(Cl)ccc1NS(=O)(=O)c1ccc(Cl)cc1. The lowest BCUT2D eigenvalue weighted by molar-refractivity contribution is -0.136. The van der Waals surface area contributed by atoms with Gasteiger partial charge in [-0.2, -0.15) is 0 Å². The van der Waals surface area contributed by atoms with Gasteiger partial charge < -0.3 is 5.11 Å². The van der Waals surface area contributed by atoms with Crippen LogP contribution in [0.4, 0.5) is 5.69 Å². The Labute approximate surface area is 155 Å². The Morgan fingerprint density at radius 2 is 1.72 bits per heavy atom. The fourth-order valence-corrected chi connectivity index (χ4v) is 3.23. The first kappa shape index (κ1) is 19.1. The predicted molar refractivity (Wildman–Crippen MR) is 97.5 cm³/mol. The maximum absolute atomic E-state index is 12.5. The number of carboxylic acids is 1. The van der Waals surface area contributed by atoms with Gasteiger partial charge in [-0.25, -0.2) is 8.42 Å². The van der Waals surface area contributed by atoms with Crippen LogP contribution in [-0.2, 0) is 14.8 Å². The maximum Gasteiger partial charge on any atom is 0.304 e. The highest BCUT2D eigenvalue weighted by molar-refractivity contribution is 7.92. The van der Waals surface area contributed by atoms with Crippen molar-refractivity contribution in [2.45, 2.75) is 17.7 Å². The number of hydrogen-bond donors (Lipinski definition) is 2. The largest absolute Gasteiger partial charge is 0.481 e. The lowest BCUT2D eigenvalue weighted by atomic mass is 10.2. The van der Waals surface area contributed by atoms with Crippen LogP contribution in [0, 0.1) is 11.8 Å². The van der Waals surface area contributed by atoms with Crippen LogP contribution < -0.4 is 4.72 Å². The number of carbonyl (C=O) groups is 1. The molecule has 0 saturated carbocycles. The normalized spacial score (nSPS) is 10.6. The first-order valence-electron chi connectivity index (χ1n) is 7.06. The molecular weight excluding hydrogens is 385 g/mol. The maximum atomic E-state index is 12.5. The highest BCUT2D eigenvalue weighted by Crippen LogP contribution is 2.23. The Bertz CT molecular complexity index is 945. The summed E-state index contributed by atoms with van der Waals surface area (Å²) >= 11 is 11.7. The molecule has 2 rings (SSSR count). The van der Waals surface area contributed by atoms with Gasteiger partial charge in [0.2, 0.25) is 0 Å². The highest BCUT2D eigenvalue weighted by Gasteiger charge is 2.15. The molecule has 0 fully saturated rings. The van der Waals surface area contributed by atoms with Gasteiger partial charge in [0.1, 0.15) is 0 Å². The number of carboxylic acid groups (broad SMARTS) is 1. The van der Waals surface area contributed by atoms with E-state index in [-0.39, 0.29) is 23.4 Å². The third-order valence-electron chi connectivity index (χ3n) is 3.04. The molecule has 0 spiro atoms. The van der Waals surface area contributed by atoms with Crippen molar-refractivity contribution in [3.63, 3.8) is 0 Å². The summed E-state index contributed by atoms with van der Waals surface area (Å²) in [5.74, 6) is 4.48. The minimum absolute atomic E-state index is 0.0524. The molecule has 0 atom stereocenters. The molecule has 2 N–H and O–H groups in total. The van der Waals surface area contributed by atoms with E-state index in [1.165, 1.54) is 42.5 Å². The van der Waals surface area contributed by atoms with Crippen LogP contribution in [0.1, 0.15) is 18.4 Å². The molecule has 0 bridgehead atoms.